The van der Waals surface area contributed by atoms with Crippen molar-refractivity contribution in [3.05, 3.63) is 11.1 Å². The molecule has 0 spiro atoms. The van der Waals surface area contributed by atoms with Crippen molar-refractivity contribution in [2.45, 2.75) is 42.2 Å². The Morgan fingerprint density at radius 3 is 3.14 bits per heavy atom. The normalized spacial score (nSPS) is 21.8. The summed E-state index contributed by atoms with van der Waals surface area (Å²) in [6.07, 6.45) is 3.54. The number of thioether (sulfide) groups is 1. The van der Waals surface area contributed by atoms with Gasteiger partial charge in [0.2, 0.25) is 0 Å². The van der Waals surface area contributed by atoms with Gasteiger partial charge in [-0.05, 0) is 12.8 Å². The Hall–Kier alpha value is -0.350. The van der Waals surface area contributed by atoms with Crippen molar-refractivity contribution >= 4 is 28.9 Å². The smallest absolute Gasteiger partial charge is 0.150 e. The molecular weight excluding hydrogens is 214 g/mol. The maximum Gasteiger partial charge on any atom is 0.150 e. The van der Waals surface area contributed by atoms with Crippen molar-refractivity contribution in [2.24, 2.45) is 0 Å². The highest BCUT2D eigenvalue weighted by atomic mass is 32.2. The number of ketones is 1. The van der Waals surface area contributed by atoms with Gasteiger partial charge < -0.3 is 0 Å². The molecule has 1 atom stereocenters. The number of rotatable bonds is 3. The summed E-state index contributed by atoms with van der Waals surface area (Å²) in [4.78, 5) is 15.6. The second-order valence-electron chi connectivity index (χ2n) is 3.48. The third kappa shape index (κ3) is 2.36. The number of thiazole rings is 1. The molecule has 0 N–H and O–H groups in total. The van der Waals surface area contributed by atoms with E-state index in [2.05, 4.69) is 17.3 Å². The van der Waals surface area contributed by atoms with Crippen LogP contribution in [0.5, 0.6) is 0 Å². The molecule has 1 saturated carbocycles. The highest BCUT2D eigenvalue weighted by Gasteiger charge is 2.23. The van der Waals surface area contributed by atoms with Gasteiger partial charge in [0.25, 0.3) is 0 Å². The first-order valence-electron chi connectivity index (χ1n) is 4.90. The lowest BCUT2D eigenvalue weighted by atomic mass is 10.4. The van der Waals surface area contributed by atoms with Crippen molar-refractivity contribution < 1.29 is 4.79 Å². The highest BCUT2D eigenvalue weighted by molar-refractivity contribution is 8.01. The summed E-state index contributed by atoms with van der Waals surface area (Å²) in [5.74, 6) is 0.412. The van der Waals surface area contributed by atoms with Gasteiger partial charge in [-0.25, -0.2) is 4.98 Å². The van der Waals surface area contributed by atoms with Crippen LogP contribution in [0.2, 0.25) is 0 Å². The van der Waals surface area contributed by atoms with Crippen molar-refractivity contribution in [1.82, 2.24) is 4.98 Å². The number of hydrogen-bond acceptors (Lipinski definition) is 4. The molecular formula is C10H13NOS2. The van der Waals surface area contributed by atoms with E-state index in [1.54, 1.807) is 23.1 Å². The Bertz CT molecular complexity index is 335. The van der Waals surface area contributed by atoms with Gasteiger partial charge in [0.15, 0.2) is 0 Å². The molecule has 0 radical (unpaired) electrons. The summed E-state index contributed by atoms with van der Waals surface area (Å²) in [6.45, 7) is 2.11. The Balaban J connectivity index is 1.93. The Labute approximate surface area is 92.1 Å². The lowest BCUT2D eigenvalue weighted by molar-refractivity contribution is -0.117. The first-order chi connectivity index (χ1) is 6.78. The number of carbonyl (C=O) groups excluding carboxylic acids is 1. The van der Waals surface area contributed by atoms with Gasteiger partial charge >= 0.3 is 0 Å². The molecule has 4 heteroatoms. The van der Waals surface area contributed by atoms with Gasteiger partial charge in [-0.15, -0.1) is 11.3 Å². The van der Waals surface area contributed by atoms with Gasteiger partial charge in [-0.3, -0.25) is 4.79 Å². The third-order valence-electron chi connectivity index (χ3n) is 2.36. The zero-order valence-corrected chi connectivity index (χ0v) is 9.79. The SMILES string of the molecule is CCc1csc(SC2CCC(=O)C2)n1. The fourth-order valence-corrected chi connectivity index (χ4v) is 3.89. The van der Waals surface area contributed by atoms with Crippen LogP contribution < -0.4 is 0 Å². The number of nitrogens with zero attached hydrogens (tertiary/aromatic N) is 1. The minimum absolute atomic E-state index is 0.412. The minimum atomic E-state index is 0.412. The summed E-state index contributed by atoms with van der Waals surface area (Å²) in [7, 11) is 0. The molecule has 0 bridgehead atoms. The molecule has 1 unspecified atom stereocenters. The molecule has 0 amide bonds. The standard InChI is InChI=1S/C10H13NOS2/c1-2-7-6-13-10(11-7)14-9-4-3-8(12)5-9/h6,9H,2-5H2,1H3. The number of hydrogen-bond donors (Lipinski definition) is 0. The maximum absolute atomic E-state index is 11.1. The summed E-state index contributed by atoms with van der Waals surface area (Å²) < 4.78 is 1.13. The zero-order valence-electron chi connectivity index (χ0n) is 8.16. The largest absolute Gasteiger partial charge is 0.300 e. The van der Waals surface area contributed by atoms with Crippen LogP contribution in [0.4, 0.5) is 0 Å². The van der Waals surface area contributed by atoms with E-state index in [0.717, 1.165) is 30.0 Å². The Morgan fingerprint density at radius 2 is 2.57 bits per heavy atom. The van der Waals surface area contributed by atoms with E-state index in [-0.39, 0.29) is 0 Å². The predicted octanol–water partition coefficient (Wildman–Crippen LogP) is 2.92. The van der Waals surface area contributed by atoms with Crippen molar-refractivity contribution in [1.29, 1.82) is 0 Å². The Morgan fingerprint density at radius 1 is 1.71 bits per heavy atom. The minimum Gasteiger partial charge on any atom is -0.300 e. The van der Waals surface area contributed by atoms with Crippen molar-refractivity contribution in [3.63, 3.8) is 0 Å². The second-order valence-corrected chi connectivity index (χ2v) is 5.89. The fraction of sp³-hybridized carbons (Fsp3) is 0.600. The number of aryl methyl sites for hydroxylation is 1. The molecule has 1 aliphatic rings. The first-order valence-corrected chi connectivity index (χ1v) is 6.66. The van der Waals surface area contributed by atoms with Crippen LogP contribution in [0.25, 0.3) is 0 Å². The van der Waals surface area contributed by atoms with E-state index in [4.69, 9.17) is 0 Å². The molecule has 14 heavy (non-hydrogen) atoms. The van der Waals surface area contributed by atoms with Crippen LogP contribution in [0.3, 0.4) is 0 Å². The van der Waals surface area contributed by atoms with Crippen molar-refractivity contribution in [3.8, 4) is 0 Å². The van der Waals surface area contributed by atoms with E-state index in [1.807, 2.05) is 0 Å². The van der Waals surface area contributed by atoms with Gasteiger partial charge in [0, 0.05) is 23.5 Å². The molecule has 2 nitrogen and oxygen atoms in total. The molecule has 1 aromatic heterocycles. The fourth-order valence-electron chi connectivity index (χ4n) is 1.53. The summed E-state index contributed by atoms with van der Waals surface area (Å²) in [5, 5.41) is 2.59. The molecule has 0 saturated heterocycles. The predicted molar refractivity (Wildman–Crippen MR) is 60.0 cm³/mol. The van der Waals surface area contributed by atoms with Gasteiger partial charge in [-0.1, -0.05) is 18.7 Å². The lowest BCUT2D eigenvalue weighted by Crippen LogP contribution is -1.95. The van der Waals surface area contributed by atoms with E-state index in [9.17, 15) is 4.79 Å². The van der Waals surface area contributed by atoms with Crippen LogP contribution >= 0.6 is 23.1 Å². The van der Waals surface area contributed by atoms with Crippen LogP contribution in [-0.4, -0.2) is 16.0 Å². The van der Waals surface area contributed by atoms with Crippen LogP contribution in [0, 0.1) is 0 Å². The monoisotopic (exact) mass is 227 g/mol. The average molecular weight is 227 g/mol. The van der Waals surface area contributed by atoms with E-state index in [0.29, 0.717) is 11.0 Å². The van der Waals surface area contributed by atoms with Gasteiger partial charge in [0.1, 0.15) is 10.1 Å². The topological polar surface area (TPSA) is 30.0 Å². The summed E-state index contributed by atoms with van der Waals surface area (Å²) in [6, 6.07) is 0. The van der Waals surface area contributed by atoms with Crippen LogP contribution in [0.15, 0.2) is 9.72 Å². The van der Waals surface area contributed by atoms with E-state index in [1.165, 1.54) is 5.69 Å². The second kappa shape index (κ2) is 4.45. The van der Waals surface area contributed by atoms with Crippen molar-refractivity contribution in [2.75, 3.05) is 0 Å². The molecule has 0 aliphatic heterocycles. The lowest BCUT2D eigenvalue weighted by Gasteiger charge is -2.02. The average Bonchev–Trinajstić information content (AvgIpc) is 2.76. The quantitative estimate of drug-likeness (QED) is 0.795. The van der Waals surface area contributed by atoms with Crippen LogP contribution in [0.1, 0.15) is 31.9 Å². The van der Waals surface area contributed by atoms with E-state index >= 15 is 0 Å². The number of aromatic nitrogens is 1. The van der Waals surface area contributed by atoms with Crippen LogP contribution in [-0.2, 0) is 11.2 Å². The number of carbonyl (C=O) groups is 1. The molecule has 1 heterocycles. The van der Waals surface area contributed by atoms with E-state index < -0.39 is 0 Å². The molecule has 76 valence electrons. The first kappa shape index (κ1) is 10.2. The molecule has 0 aromatic carbocycles. The molecule has 1 fully saturated rings. The van der Waals surface area contributed by atoms with Gasteiger partial charge in [0.05, 0.1) is 5.69 Å². The molecule has 1 aliphatic carbocycles. The molecule has 1 aromatic rings. The highest BCUT2D eigenvalue weighted by Crippen LogP contribution is 2.34. The third-order valence-corrected chi connectivity index (χ3v) is 4.65. The Kier molecular flexibility index (Phi) is 3.23. The summed E-state index contributed by atoms with van der Waals surface area (Å²) in [5.41, 5.74) is 1.17. The molecule has 2 rings (SSSR count). The maximum atomic E-state index is 11.1. The zero-order chi connectivity index (χ0) is 9.97. The number of Topliss-reactive ketones (excluding diaryl/α,β-unsaturated/α-hetero) is 1. The van der Waals surface area contributed by atoms with Gasteiger partial charge in [-0.2, -0.15) is 0 Å². The summed E-state index contributed by atoms with van der Waals surface area (Å²) >= 11 is 3.48.